The Kier molecular flexibility index (Phi) is 4.81. The summed E-state index contributed by atoms with van der Waals surface area (Å²) in [5, 5.41) is 0. The summed E-state index contributed by atoms with van der Waals surface area (Å²) >= 11 is 4.99. The van der Waals surface area contributed by atoms with E-state index in [0.717, 1.165) is 16.9 Å². The third-order valence-electron chi connectivity index (χ3n) is 3.42. The molecular formula is C17H19NO2S. The summed E-state index contributed by atoms with van der Waals surface area (Å²) < 4.78 is 11.1. The van der Waals surface area contributed by atoms with Crippen LogP contribution in [0, 0.1) is 13.8 Å². The first-order chi connectivity index (χ1) is 10.0. The molecule has 0 spiro atoms. The molecule has 0 amide bonds. The summed E-state index contributed by atoms with van der Waals surface area (Å²) in [7, 11) is 1.60. The maximum atomic E-state index is 5.81. The second-order valence-electron chi connectivity index (χ2n) is 4.93. The van der Waals surface area contributed by atoms with Crippen molar-refractivity contribution in [3.63, 3.8) is 0 Å². The van der Waals surface area contributed by atoms with Crippen LogP contribution in [-0.2, 0) is 6.61 Å². The van der Waals surface area contributed by atoms with E-state index >= 15 is 0 Å². The van der Waals surface area contributed by atoms with Crippen LogP contribution in [0.3, 0.4) is 0 Å². The van der Waals surface area contributed by atoms with Gasteiger partial charge in [0.25, 0.3) is 0 Å². The average Bonchev–Trinajstić information content (AvgIpc) is 2.48. The molecule has 0 aliphatic carbocycles. The van der Waals surface area contributed by atoms with Crippen LogP contribution in [0.25, 0.3) is 0 Å². The monoisotopic (exact) mass is 301 g/mol. The van der Waals surface area contributed by atoms with Crippen LogP contribution in [-0.4, -0.2) is 12.1 Å². The lowest BCUT2D eigenvalue weighted by Crippen LogP contribution is -2.11. The molecule has 0 aliphatic rings. The van der Waals surface area contributed by atoms with Gasteiger partial charge in [0.05, 0.1) is 12.7 Å². The number of ether oxygens (including phenoxy) is 2. The molecule has 2 rings (SSSR count). The van der Waals surface area contributed by atoms with Gasteiger partial charge in [0, 0.05) is 0 Å². The van der Waals surface area contributed by atoms with Crippen molar-refractivity contribution in [2.75, 3.05) is 7.11 Å². The minimum Gasteiger partial charge on any atom is -0.496 e. The van der Waals surface area contributed by atoms with Gasteiger partial charge in [-0.2, -0.15) is 0 Å². The molecule has 2 N–H and O–H groups in total. The molecule has 3 nitrogen and oxygen atoms in total. The first-order valence-corrected chi connectivity index (χ1v) is 7.09. The van der Waals surface area contributed by atoms with Crippen molar-refractivity contribution < 1.29 is 9.47 Å². The molecular weight excluding hydrogens is 282 g/mol. The Labute approximate surface area is 130 Å². The van der Waals surface area contributed by atoms with Crippen LogP contribution >= 0.6 is 12.2 Å². The summed E-state index contributed by atoms with van der Waals surface area (Å²) in [4.78, 5) is 0.327. The Hall–Kier alpha value is -2.07. The second-order valence-corrected chi connectivity index (χ2v) is 5.37. The highest BCUT2D eigenvalue weighted by Crippen LogP contribution is 2.22. The van der Waals surface area contributed by atoms with Crippen molar-refractivity contribution >= 4 is 17.2 Å². The first-order valence-electron chi connectivity index (χ1n) is 6.68. The van der Waals surface area contributed by atoms with Gasteiger partial charge < -0.3 is 15.2 Å². The van der Waals surface area contributed by atoms with Crippen LogP contribution in [0.4, 0.5) is 0 Å². The highest BCUT2D eigenvalue weighted by Gasteiger charge is 2.07. The number of aryl methyl sites for hydroxylation is 2. The minimum atomic E-state index is 0.327. The zero-order valence-electron chi connectivity index (χ0n) is 12.5. The summed E-state index contributed by atoms with van der Waals surface area (Å²) in [6, 6.07) is 11.8. The lowest BCUT2D eigenvalue weighted by Gasteiger charge is -2.11. The molecule has 0 saturated carbocycles. The summed E-state index contributed by atoms with van der Waals surface area (Å²) in [6.07, 6.45) is 0. The fourth-order valence-electron chi connectivity index (χ4n) is 2.00. The SMILES string of the molecule is COc1cc(COc2ccc(C)c(C)c2)ccc1C(N)=S. The maximum Gasteiger partial charge on any atom is 0.129 e. The Bertz CT molecular complexity index is 668. The quantitative estimate of drug-likeness (QED) is 0.858. The Morgan fingerprint density at radius 1 is 1.10 bits per heavy atom. The lowest BCUT2D eigenvalue weighted by atomic mass is 10.1. The third kappa shape index (κ3) is 3.73. The number of thiocarbonyl (C=S) groups is 1. The maximum absolute atomic E-state index is 5.81. The Morgan fingerprint density at radius 3 is 2.48 bits per heavy atom. The van der Waals surface area contributed by atoms with Crippen molar-refractivity contribution in [2.45, 2.75) is 20.5 Å². The van der Waals surface area contributed by atoms with Crippen molar-refractivity contribution in [3.05, 3.63) is 58.7 Å². The zero-order chi connectivity index (χ0) is 15.4. The van der Waals surface area contributed by atoms with E-state index in [1.165, 1.54) is 11.1 Å². The topological polar surface area (TPSA) is 44.5 Å². The normalized spacial score (nSPS) is 10.2. The molecule has 0 atom stereocenters. The largest absolute Gasteiger partial charge is 0.496 e. The molecule has 0 heterocycles. The van der Waals surface area contributed by atoms with E-state index in [1.54, 1.807) is 7.11 Å². The molecule has 0 aromatic heterocycles. The Morgan fingerprint density at radius 2 is 1.86 bits per heavy atom. The molecule has 0 unspecified atom stereocenters. The molecule has 0 bridgehead atoms. The van der Waals surface area contributed by atoms with Gasteiger partial charge in [-0.15, -0.1) is 0 Å². The summed E-state index contributed by atoms with van der Waals surface area (Å²) in [6.45, 7) is 4.62. The van der Waals surface area contributed by atoms with Crippen LogP contribution in [0.15, 0.2) is 36.4 Å². The van der Waals surface area contributed by atoms with Gasteiger partial charge in [-0.25, -0.2) is 0 Å². The van der Waals surface area contributed by atoms with Crippen molar-refractivity contribution in [1.82, 2.24) is 0 Å². The van der Waals surface area contributed by atoms with Crippen molar-refractivity contribution in [2.24, 2.45) is 5.73 Å². The zero-order valence-corrected chi connectivity index (χ0v) is 13.3. The van der Waals surface area contributed by atoms with Gasteiger partial charge in [0.1, 0.15) is 23.1 Å². The molecule has 0 saturated heterocycles. The van der Waals surface area contributed by atoms with E-state index in [4.69, 9.17) is 27.4 Å². The van der Waals surface area contributed by atoms with Gasteiger partial charge >= 0.3 is 0 Å². The van der Waals surface area contributed by atoms with Crippen molar-refractivity contribution in [3.8, 4) is 11.5 Å². The summed E-state index contributed by atoms with van der Waals surface area (Å²) in [5.41, 5.74) is 9.87. The van der Waals surface area contributed by atoms with E-state index in [-0.39, 0.29) is 0 Å². The van der Waals surface area contributed by atoms with Gasteiger partial charge in [-0.05, 0) is 54.8 Å². The van der Waals surface area contributed by atoms with Crippen LogP contribution in [0.5, 0.6) is 11.5 Å². The fourth-order valence-corrected chi connectivity index (χ4v) is 2.17. The number of nitrogens with two attached hydrogens (primary N) is 1. The van der Waals surface area contributed by atoms with Gasteiger partial charge in [-0.3, -0.25) is 0 Å². The summed E-state index contributed by atoms with van der Waals surface area (Å²) in [5.74, 6) is 1.53. The van der Waals surface area contributed by atoms with E-state index in [0.29, 0.717) is 17.3 Å². The first kappa shape index (κ1) is 15.3. The molecule has 2 aromatic carbocycles. The van der Waals surface area contributed by atoms with Crippen molar-refractivity contribution in [1.29, 1.82) is 0 Å². The third-order valence-corrected chi connectivity index (χ3v) is 3.64. The molecule has 21 heavy (non-hydrogen) atoms. The number of benzene rings is 2. The predicted molar refractivity (Wildman–Crippen MR) is 89.1 cm³/mol. The van der Waals surface area contributed by atoms with Gasteiger partial charge in [-0.1, -0.05) is 24.4 Å². The van der Waals surface area contributed by atoms with E-state index in [9.17, 15) is 0 Å². The van der Waals surface area contributed by atoms with E-state index in [1.807, 2.05) is 30.3 Å². The highest BCUT2D eigenvalue weighted by atomic mass is 32.1. The second kappa shape index (κ2) is 6.59. The van der Waals surface area contributed by atoms with Crippen LogP contribution in [0.1, 0.15) is 22.3 Å². The molecule has 0 aliphatic heterocycles. The predicted octanol–water partition coefficient (Wildman–Crippen LogP) is 3.53. The molecule has 110 valence electrons. The van der Waals surface area contributed by atoms with Gasteiger partial charge in [0.15, 0.2) is 0 Å². The van der Waals surface area contributed by atoms with E-state index < -0.39 is 0 Å². The molecule has 0 radical (unpaired) electrons. The van der Waals surface area contributed by atoms with E-state index in [2.05, 4.69) is 19.9 Å². The minimum absolute atomic E-state index is 0.327. The smallest absolute Gasteiger partial charge is 0.129 e. The lowest BCUT2D eigenvalue weighted by molar-refractivity contribution is 0.305. The number of hydrogen-bond donors (Lipinski definition) is 1. The molecule has 0 fully saturated rings. The standard InChI is InChI=1S/C17H19NO2S/c1-11-4-6-14(8-12(11)2)20-10-13-5-7-15(17(18)21)16(9-13)19-3/h4-9H,10H2,1-3H3,(H2,18,21). The fraction of sp³-hybridized carbons (Fsp3) is 0.235. The number of rotatable bonds is 5. The number of methoxy groups -OCH3 is 1. The van der Waals surface area contributed by atoms with Crippen LogP contribution < -0.4 is 15.2 Å². The Balaban J connectivity index is 2.13. The highest BCUT2D eigenvalue weighted by molar-refractivity contribution is 7.80. The molecule has 2 aromatic rings. The van der Waals surface area contributed by atoms with Gasteiger partial charge in [0.2, 0.25) is 0 Å². The number of hydrogen-bond acceptors (Lipinski definition) is 3. The molecule has 4 heteroatoms. The van der Waals surface area contributed by atoms with Crippen LogP contribution in [0.2, 0.25) is 0 Å². The average molecular weight is 301 g/mol.